The highest BCUT2D eigenvalue weighted by Gasteiger charge is 2.23. The Kier molecular flexibility index (Phi) is 8.19. The summed E-state index contributed by atoms with van der Waals surface area (Å²) in [5, 5.41) is 0. The smallest absolute Gasteiger partial charge is 0.276 e. The Balaban J connectivity index is 1.82. The second-order valence-electron chi connectivity index (χ2n) is 6.34. The molecular weight excluding hydrogens is 410 g/mol. The van der Waals surface area contributed by atoms with Gasteiger partial charge in [0, 0.05) is 7.05 Å². The summed E-state index contributed by atoms with van der Waals surface area (Å²) in [7, 11) is -2.54. The van der Waals surface area contributed by atoms with Gasteiger partial charge in [-0.25, -0.2) is 8.42 Å². The Hall–Kier alpha value is -3.11. The molecule has 162 valence electrons. The fourth-order valence-corrected chi connectivity index (χ4v) is 3.51. The van der Waals surface area contributed by atoms with Crippen LogP contribution in [0.4, 0.5) is 0 Å². The Bertz CT molecular complexity index is 976. The maximum Gasteiger partial charge on any atom is 0.276 e. The van der Waals surface area contributed by atoms with Crippen LogP contribution in [-0.2, 0) is 19.6 Å². The molecule has 0 saturated carbocycles. The van der Waals surface area contributed by atoms with Gasteiger partial charge in [-0.3, -0.25) is 20.4 Å². The molecule has 0 aliphatic rings. The van der Waals surface area contributed by atoms with Gasteiger partial charge in [-0.2, -0.15) is 4.31 Å². The van der Waals surface area contributed by atoms with Crippen molar-refractivity contribution in [2.45, 2.75) is 18.7 Å². The van der Waals surface area contributed by atoms with Crippen molar-refractivity contribution >= 4 is 21.8 Å². The number of hydrogen-bond donors (Lipinski definition) is 2. The summed E-state index contributed by atoms with van der Waals surface area (Å²) in [6, 6.07) is 13.2. The molecular formula is C20H25N3O6S. The Morgan fingerprint density at radius 3 is 2.10 bits per heavy atom. The quantitative estimate of drug-likeness (QED) is 0.573. The van der Waals surface area contributed by atoms with Crippen LogP contribution >= 0.6 is 0 Å². The van der Waals surface area contributed by atoms with Crippen molar-refractivity contribution in [2.24, 2.45) is 0 Å². The van der Waals surface area contributed by atoms with Crippen LogP contribution in [0.3, 0.4) is 0 Å². The third-order valence-corrected chi connectivity index (χ3v) is 5.76. The van der Waals surface area contributed by atoms with Crippen LogP contribution in [0.15, 0.2) is 53.4 Å². The average Bonchev–Trinajstić information content (AvgIpc) is 2.72. The maximum absolute atomic E-state index is 12.5. The molecule has 10 heteroatoms. The largest absolute Gasteiger partial charge is 0.490 e. The van der Waals surface area contributed by atoms with E-state index in [9.17, 15) is 18.0 Å². The molecule has 2 N–H and O–H groups in total. The summed E-state index contributed by atoms with van der Waals surface area (Å²) in [6.45, 7) is 3.29. The number of hydrazine groups is 1. The topological polar surface area (TPSA) is 114 Å². The van der Waals surface area contributed by atoms with Crippen LogP contribution in [0.25, 0.3) is 0 Å². The Labute approximate surface area is 176 Å². The number of nitrogens with zero attached hydrogens (tertiary/aromatic N) is 1. The third kappa shape index (κ3) is 6.46. The number of benzene rings is 2. The summed E-state index contributed by atoms with van der Waals surface area (Å²) in [4.78, 5) is 24.0. The van der Waals surface area contributed by atoms with Gasteiger partial charge in [-0.05, 0) is 38.1 Å². The number of hydrogen-bond acceptors (Lipinski definition) is 6. The second kappa shape index (κ2) is 10.6. The molecule has 0 heterocycles. The van der Waals surface area contributed by atoms with E-state index >= 15 is 0 Å². The first-order valence-electron chi connectivity index (χ1n) is 9.19. The molecule has 0 unspecified atom stereocenters. The zero-order chi connectivity index (χ0) is 22.1. The maximum atomic E-state index is 12.5. The highest BCUT2D eigenvalue weighted by molar-refractivity contribution is 7.89. The first-order valence-corrected chi connectivity index (χ1v) is 10.6. The molecule has 2 amide bonds. The van der Waals surface area contributed by atoms with Crippen LogP contribution in [-0.4, -0.2) is 51.3 Å². The lowest BCUT2D eigenvalue weighted by atomic mass is 10.2. The zero-order valence-corrected chi connectivity index (χ0v) is 17.9. The number of ether oxygens (including phenoxy) is 2. The number of sulfonamides is 1. The fourth-order valence-electron chi connectivity index (χ4n) is 2.38. The minimum atomic E-state index is -3.82. The average molecular weight is 436 g/mol. The van der Waals surface area contributed by atoms with E-state index in [0.717, 1.165) is 9.87 Å². The summed E-state index contributed by atoms with van der Waals surface area (Å²) >= 11 is 0. The lowest BCUT2D eigenvalue weighted by molar-refractivity contribution is -0.130. The van der Waals surface area contributed by atoms with Crippen molar-refractivity contribution in [1.82, 2.24) is 15.2 Å². The molecule has 0 aromatic heterocycles. The molecule has 0 bridgehead atoms. The van der Waals surface area contributed by atoms with E-state index in [0.29, 0.717) is 18.1 Å². The number of nitrogens with one attached hydrogen (secondary N) is 2. The number of para-hydroxylation sites is 2. The van der Waals surface area contributed by atoms with Gasteiger partial charge in [0.1, 0.15) is 0 Å². The van der Waals surface area contributed by atoms with Crippen LogP contribution < -0.4 is 20.3 Å². The van der Waals surface area contributed by atoms with E-state index in [1.54, 1.807) is 36.4 Å². The lowest BCUT2D eigenvalue weighted by Gasteiger charge is -2.17. The predicted octanol–water partition coefficient (Wildman–Crippen LogP) is 1.24. The minimum absolute atomic E-state index is 0.0776. The van der Waals surface area contributed by atoms with Gasteiger partial charge in [0.25, 0.3) is 11.8 Å². The van der Waals surface area contributed by atoms with E-state index in [2.05, 4.69) is 10.9 Å². The number of carbonyl (C=O) groups excluding carboxylic acids is 2. The molecule has 30 heavy (non-hydrogen) atoms. The SMILES string of the molecule is CCOc1ccccc1OCC(=O)NNC(=O)CN(C)S(=O)(=O)c1ccc(C)cc1. The molecule has 0 fully saturated rings. The summed E-state index contributed by atoms with van der Waals surface area (Å²) in [5.41, 5.74) is 5.27. The third-order valence-electron chi connectivity index (χ3n) is 3.94. The van der Waals surface area contributed by atoms with Crippen molar-refractivity contribution in [3.63, 3.8) is 0 Å². The molecule has 0 aliphatic carbocycles. The summed E-state index contributed by atoms with van der Waals surface area (Å²) < 4.78 is 36.7. The highest BCUT2D eigenvalue weighted by Crippen LogP contribution is 2.26. The van der Waals surface area contributed by atoms with Crippen molar-refractivity contribution < 1.29 is 27.5 Å². The Morgan fingerprint density at radius 1 is 0.933 bits per heavy atom. The van der Waals surface area contributed by atoms with Crippen LogP contribution in [0.1, 0.15) is 12.5 Å². The lowest BCUT2D eigenvalue weighted by Crippen LogP contribution is -2.48. The van der Waals surface area contributed by atoms with Crippen molar-refractivity contribution in [3.05, 3.63) is 54.1 Å². The minimum Gasteiger partial charge on any atom is -0.490 e. The summed E-state index contributed by atoms with van der Waals surface area (Å²) in [5.74, 6) is -0.417. The van der Waals surface area contributed by atoms with Gasteiger partial charge in [-0.1, -0.05) is 29.8 Å². The van der Waals surface area contributed by atoms with E-state index in [4.69, 9.17) is 9.47 Å². The van der Waals surface area contributed by atoms with Crippen molar-refractivity contribution in [2.75, 3.05) is 26.8 Å². The van der Waals surface area contributed by atoms with Crippen LogP contribution in [0.2, 0.25) is 0 Å². The number of likely N-dealkylation sites (N-methyl/N-ethyl adjacent to an activating group) is 1. The molecule has 0 radical (unpaired) electrons. The van der Waals surface area contributed by atoms with E-state index < -0.39 is 28.4 Å². The van der Waals surface area contributed by atoms with Gasteiger partial charge >= 0.3 is 0 Å². The predicted molar refractivity (Wildman–Crippen MR) is 110 cm³/mol. The number of amides is 2. The normalized spacial score (nSPS) is 11.1. The van der Waals surface area contributed by atoms with E-state index in [1.165, 1.54) is 19.2 Å². The van der Waals surface area contributed by atoms with E-state index in [1.807, 2.05) is 13.8 Å². The monoisotopic (exact) mass is 435 g/mol. The van der Waals surface area contributed by atoms with Crippen LogP contribution in [0.5, 0.6) is 11.5 Å². The van der Waals surface area contributed by atoms with Gasteiger partial charge in [0.2, 0.25) is 10.0 Å². The number of rotatable bonds is 9. The zero-order valence-electron chi connectivity index (χ0n) is 17.0. The second-order valence-corrected chi connectivity index (χ2v) is 8.38. The van der Waals surface area contributed by atoms with Gasteiger partial charge in [0.15, 0.2) is 18.1 Å². The van der Waals surface area contributed by atoms with Gasteiger partial charge < -0.3 is 9.47 Å². The van der Waals surface area contributed by atoms with Crippen molar-refractivity contribution in [3.8, 4) is 11.5 Å². The van der Waals surface area contributed by atoms with Gasteiger partial charge in [0.05, 0.1) is 18.0 Å². The molecule has 2 rings (SSSR count). The molecule has 0 aliphatic heterocycles. The molecule has 0 atom stereocenters. The van der Waals surface area contributed by atoms with Gasteiger partial charge in [-0.15, -0.1) is 0 Å². The summed E-state index contributed by atoms with van der Waals surface area (Å²) in [6.07, 6.45) is 0. The molecule has 9 nitrogen and oxygen atoms in total. The molecule has 0 saturated heterocycles. The Morgan fingerprint density at radius 2 is 1.50 bits per heavy atom. The molecule has 2 aromatic carbocycles. The molecule has 0 spiro atoms. The van der Waals surface area contributed by atoms with E-state index in [-0.39, 0.29) is 11.5 Å². The fraction of sp³-hybridized carbons (Fsp3) is 0.300. The van der Waals surface area contributed by atoms with Crippen molar-refractivity contribution in [1.29, 1.82) is 0 Å². The number of aryl methyl sites for hydroxylation is 1. The standard InChI is InChI=1S/C20H25N3O6S/c1-4-28-17-7-5-6-8-18(17)29-14-20(25)22-21-19(24)13-23(3)30(26,27)16-11-9-15(2)10-12-16/h5-12H,4,13-14H2,1-3H3,(H,21,24)(H,22,25). The molecule has 2 aromatic rings. The van der Waals surface area contributed by atoms with Crippen LogP contribution in [0, 0.1) is 6.92 Å². The highest BCUT2D eigenvalue weighted by atomic mass is 32.2. The first-order chi connectivity index (χ1) is 14.2. The number of carbonyl (C=O) groups is 2. The first kappa shape index (κ1) is 23.2.